The average molecular weight is 306 g/mol. The molecule has 2 aliphatic rings. The van der Waals surface area contributed by atoms with E-state index in [2.05, 4.69) is 27.2 Å². The molecule has 1 aromatic heterocycles. The molecule has 2 saturated heterocycles. The maximum atomic E-state index is 5.50. The van der Waals surface area contributed by atoms with E-state index >= 15 is 0 Å². The summed E-state index contributed by atoms with van der Waals surface area (Å²) in [5.74, 6) is 2.55. The van der Waals surface area contributed by atoms with Crippen molar-refractivity contribution >= 4 is 11.6 Å². The highest BCUT2D eigenvalue weighted by atomic mass is 16.5. The highest BCUT2D eigenvalue weighted by Gasteiger charge is 2.18. The first-order chi connectivity index (χ1) is 10.8. The van der Waals surface area contributed by atoms with Gasteiger partial charge in [0.25, 0.3) is 0 Å². The molecule has 1 atom stereocenters. The third-order valence-electron chi connectivity index (χ3n) is 4.43. The zero-order chi connectivity index (χ0) is 15.2. The topological polar surface area (TPSA) is 59.5 Å². The molecule has 0 amide bonds. The fourth-order valence-electron chi connectivity index (χ4n) is 3.11. The molecule has 1 unspecified atom stereocenters. The second-order valence-corrected chi connectivity index (χ2v) is 6.26. The van der Waals surface area contributed by atoms with Crippen LogP contribution in [-0.4, -0.2) is 56.0 Å². The fourth-order valence-corrected chi connectivity index (χ4v) is 3.11. The van der Waals surface area contributed by atoms with E-state index in [1.54, 1.807) is 6.33 Å². The van der Waals surface area contributed by atoms with Crippen LogP contribution in [0.5, 0.6) is 0 Å². The SMILES string of the molecule is CN(CC1CCOCC1)c1cc(NC2CCCOC2)ncn1. The molecule has 6 heteroatoms. The molecular formula is C16H26N4O2. The quantitative estimate of drug-likeness (QED) is 0.897. The first-order valence-electron chi connectivity index (χ1n) is 8.26. The van der Waals surface area contributed by atoms with Crippen molar-refractivity contribution in [2.75, 3.05) is 50.2 Å². The molecule has 3 heterocycles. The number of hydrogen-bond donors (Lipinski definition) is 1. The van der Waals surface area contributed by atoms with Gasteiger partial charge in [0.2, 0.25) is 0 Å². The van der Waals surface area contributed by atoms with Crippen LogP contribution in [0.25, 0.3) is 0 Å². The van der Waals surface area contributed by atoms with Crippen LogP contribution in [0.2, 0.25) is 0 Å². The monoisotopic (exact) mass is 306 g/mol. The largest absolute Gasteiger partial charge is 0.381 e. The van der Waals surface area contributed by atoms with E-state index in [1.165, 1.54) is 0 Å². The summed E-state index contributed by atoms with van der Waals surface area (Å²) in [7, 11) is 2.10. The molecule has 3 rings (SSSR count). The van der Waals surface area contributed by atoms with Gasteiger partial charge in [-0.15, -0.1) is 0 Å². The third-order valence-corrected chi connectivity index (χ3v) is 4.43. The molecule has 0 radical (unpaired) electrons. The normalized spacial score (nSPS) is 23.2. The predicted molar refractivity (Wildman–Crippen MR) is 86.3 cm³/mol. The lowest BCUT2D eigenvalue weighted by Gasteiger charge is -2.28. The standard InChI is InChI=1S/C16H26N4O2/c1-20(10-13-4-7-21-8-5-13)16-9-15(17-12-18-16)19-14-3-2-6-22-11-14/h9,12-14H,2-8,10-11H2,1H3,(H,17,18,19). The van der Waals surface area contributed by atoms with Crippen LogP contribution in [0.1, 0.15) is 25.7 Å². The highest BCUT2D eigenvalue weighted by Crippen LogP contribution is 2.20. The number of hydrogen-bond acceptors (Lipinski definition) is 6. The summed E-state index contributed by atoms with van der Waals surface area (Å²) in [4.78, 5) is 11.0. The molecule has 1 N–H and O–H groups in total. The van der Waals surface area contributed by atoms with Gasteiger partial charge < -0.3 is 19.7 Å². The molecule has 0 bridgehead atoms. The minimum Gasteiger partial charge on any atom is -0.381 e. The Hall–Kier alpha value is -1.40. The molecule has 0 aromatic carbocycles. The van der Waals surface area contributed by atoms with E-state index < -0.39 is 0 Å². The molecule has 0 spiro atoms. The number of aromatic nitrogens is 2. The Labute approximate surface area is 132 Å². The van der Waals surface area contributed by atoms with E-state index in [9.17, 15) is 0 Å². The van der Waals surface area contributed by atoms with Gasteiger partial charge in [0.05, 0.1) is 12.6 Å². The Balaban J connectivity index is 1.57. The first kappa shape index (κ1) is 15.5. The average Bonchev–Trinajstić information content (AvgIpc) is 2.57. The lowest BCUT2D eigenvalue weighted by atomic mass is 10.00. The number of anilines is 2. The van der Waals surface area contributed by atoms with Crippen LogP contribution < -0.4 is 10.2 Å². The Bertz CT molecular complexity index is 459. The Morgan fingerprint density at radius 3 is 2.82 bits per heavy atom. The Morgan fingerprint density at radius 1 is 1.18 bits per heavy atom. The summed E-state index contributed by atoms with van der Waals surface area (Å²) >= 11 is 0. The van der Waals surface area contributed by atoms with Crippen LogP contribution in [0, 0.1) is 5.92 Å². The lowest BCUT2D eigenvalue weighted by Crippen LogP contribution is -2.31. The lowest BCUT2D eigenvalue weighted by molar-refractivity contribution is 0.0685. The summed E-state index contributed by atoms with van der Waals surface area (Å²) in [5, 5.41) is 3.46. The van der Waals surface area contributed by atoms with Gasteiger partial charge in [-0.1, -0.05) is 0 Å². The zero-order valence-electron chi connectivity index (χ0n) is 13.3. The van der Waals surface area contributed by atoms with E-state index in [1.807, 2.05) is 6.07 Å². The van der Waals surface area contributed by atoms with Crippen molar-refractivity contribution < 1.29 is 9.47 Å². The number of ether oxygens (including phenoxy) is 2. The molecule has 1 aromatic rings. The summed E-state index contributed by atoms with van der Waals surface area (Å²) in [6, 6.07) is 2.39. The molecule has 22 heavy (non-hydrogen) atoms. The van der Waals surface area contributed by atoms with Crippen molar-refractivity contribution in [3.8, 4) is 0 Å². The smallest absolute Gasteiger partial charge is 0.133 e. The van der Waals surface area contributed by atoms with Crippen molar-refractivity contribution in [1.29, 1.82) is 0 Å². The van der Waals surface area contributed by atoms with Gasteiger partial charge in [-0.05, 0) is 31.6 Å². The van der Waals surface area contributed by atoms with Gasteiger partial charge in [-0.25, -0.2) is 9.97 Å². The minimum atomic E-state index is 0.359. The first-order valence-corrected chi connectivity index (χ1v) is 8.26. The second-order valence-electron chi connectivity index (χ2n) is 6.26. The maximum Gasteiger partial charge on any atom is 0.133 e. The van der Waals surface area contributed by atoms with Gasteiger partial charge in [0, 0.05) is 39.5 Å². The summed E-state index contributed by atoms with van der Waals surface area (Å²) in [5.41, 5.74) is 0. The Kier molecular flexibility index (Phi) is 5.45. The van der Waals surface area contributed by atoms with Crippen molar-refractivity contribution in [2.45, 2.75) is 31.7 Å². The zero-order valence-corrected chi connectivity index (χ0v) is 13.3. The number of nitrogens with one attached hydrogen (secondary N) is 1. The van der Waals surface area contributed by atoms with Crippen LogP contribution in [-0.2, 0) is 9.47 Å². The van der Waals surface area contributed by atoms with Crippen LogP contribution in [0.4, 0.5) is 11.6 Å². The van der Waals surface area contributed by atoms with Crippen LogP contribution >= 0.6 is 0 Å². The van der Waals surface area contributed by atoms with E-state index in [0.717, 1.165) is 70.3 Å². The van der Waals surface area contributed by atoms with Gasteiger partial charge in [0.1, 0.15) is 18.0 Å². The molecule has 6 nitrogen and oxygen atoms in total. The number of rotatable bonds is 5. The molecular weight excluding hydrogens is 280 g/mol. The summed E-state index contributed by atoms with van der Waals surface area (Å²) < 4.78 is 10.9. The van der Waals surface area contributed by atoms with Crippen molar-refractivity contribution in [3.63, 3.8) is 0 Å². The second kappa shape index (κ2) is 7.74. The van der Waals surface area contributed by atoms with Gasteiger partial charge in [-0.3, -0.25) is 0 Å². The number of nitrogens with zero attached hydrogens (tertiary/aromatic N) is 3. The predicted octanol–water partition coefficient (Wildman–Crippen LogP) is 1.93. The van der Waals surface area contributed by atoms with E-state index in [-0.39, 0.29) is 0 Å². The van der Waals surface area contributed by atoms with Gasteiger partial charge >= 0.3 is 0 Å². The molecule has 2 fully saturated rings. The van der Waals surface area contributed by atoms with Crippen molar-refractivity contribution in [2.24, 2.45) is 5.92 Å². The van der Waals surface area contributed by atoms with Crippen LogP contribution in [0.3, 0.4) is 0 Å². The fraction of sp³-hybridized carbons (Fsp3) is 0.750. The van der Waals surface area contributed by atoms with Gasteiger partial charge in [-0.2, -0.15) is 0 Å². The Morgan fingerprint density at radius 2 is 2.05 bits per heavy atom. The third kappa shape index (κ3) is 4.30. The minimum absolute atomic E-state index is 0.359. The van der Waals surface area contributed by atoms with Crippen molar-refractivity contribution in [1.82, 2.24) is 9.97 Å². The van der Waals surface area contributed by atoms with E-state index in [4.69, 9.17) is 9.47 Å². The summed E-state index contributed by atoms with van der Waals surface area (Å²) in [6.45, 7) is 4.43. The van der Waals surface area contributed by atoms with Crippen LogP contribution in [0.15, 0.2) is 12.4 Å². The van der Waals surface area contributed by atoms with Crippen molar-refractivity contribution in [3.05, 3.63) is 12.4 Å². The van der Waals surface area contributed by atoms with E-state index in [0.29, 0.717) is 12.0 Å². The molecule has 2 aliphatic heterocycles. The highest BCUT2D eigenvalue weighted by molar-refractivity contribution is 5.48. The maximum absolute atomic E-state index is 5.50. The molecule has 122 valence electrons. The summed E-state index contributed by atoms with van der Waals surface area (Å²) in [6.07, 6.45) is 6.16. The molecule has 0 saturated carbocycles. The molecule has 0 aliphatic carbocycles. The van der Waals surface area contributed by atoms with Gasteiger partial charge in [0.15, 0.2) is 0 Å².